The highest BCUT2D eigenvalue weighted by Crippen LogP contribution is 2.37. The van der Waals surface area contributed by atoms with Gasteiger partial charge in [0.15, 0.2) is 11.6 Å². The maximum atomic E-state index is 14.8. The number of rotatable bonds is 16. The number of ether oxygens (including phenoxy) is 4. The molecule has 1 saturated heterocycles. The van der Waals surface area contributed by atoms with Crippen LogP contribution in [0.3, 0.4) is 0 Å². The number of carbonyl (C=O) groups is 1. The molecule has 0 bridgehead atoms. The van der Waals surface area contributed by atoms with E-state index in [9.17, 15) is 14.3 Å². The first-order valence-electron chi connectivity index (χ1n) is 15.2. The van der Waals surface area contributed by atoms with Crippen LogP contribution in [0, 0.1) is 5.82 Å². The van der Waals surface area contributed by atoms with Crippen molar-refractivity contribution in [3.05, 3.63) is 46.4 Å². The second kappa shape index (κ2) is 15.5. The number of nitrogens with zero attached hydrogens (tertiary/aromatic N) is 2. The molecule has 3 heterocycles. The Morgan fingerprint density at radius 1 is 1.17 bits per heavy atom. The van der Waals surface area contributed by atoms with Crippen molar-refractivity contribution in [3.8, 4) is 11.5 Å². The minimum absolute atomic E-state index is 0.00553. The lowest BCUT2D eigenvalue weighted by Crippen LogP contribution is -2.34. The lowest BCUT2D eigenvalue weighted by Gasteiger charge is -2.27. The molecule has 10 heteroatoms. The number of carboxylic acid groups (broad SMARTS) is 1. The highest BCUT2D eigenvalue weighted by molar-refractivity contribution is 5.77. The van der Waals surface area contributed by atoms with E-state index in [0.717, 1.165) is 79.9 Å². The molecule has 42 heavy (non-hydrogen) atoms. The summed E-state index contributed by atoms with van der Waals surface area (Å²) in [5, 5.41) is 13.5. The molecule has 1 unspecified atom stereocenters. The van der Waals surface area contributed by atoms with Gasteiger partial charge in [0.05, 0.1) is 19.8 Å². The fraction of sp³-hybridized carbons (Fsp3) is 0.625. The third-order valence-electron chi connectivity index (χ3n) is 8.04. The van der Waals surface area contributed by atoms with Crippen molar-refractivity contribution < 1.29 is 33.2 Å². The predicted octanol–water partition coefficient (Wildman–Crippen LogP) is 5.37. The predicted molar refractivity (Wildman–Crippen MR) is 159 cm³/mol. The number of halogens is 1. The molecule has 0 aliphatic carbocycles. The van der Waals surface area contributed by atoms with Crippen molar-refractivity contribution in [1.82, 2.24) is 9.88 Å². The van der Waals surface area contributed by atoms with Crippen molar-refractivity contribution in [1.29, 1.82) is 0 Å². The van der Waals surface area contributed by atoms with Crippen molar-refractivity contribution in [2.24, 2.45) is 0 Å². The maximum absolute atomic E-state index is 14.8. The summed E-state index contributed by atoms with van der Waals surface area (Å²) in [6.07, 6.45) is 6.47. The van der Waals surface area contributed by atoms with Crippen LogP contribution in [0.4, 0.5) is 10.2 Å². The van der Waals surface area contributed by atoms with Gasteiger partial charge < -0.3 is 29.4 Å². The summed E-state index contributed by atoms with van der Waals surface area (Å²) in [5.41, 5.74) is 3.28. The van der Waals surface area contributed by atoms with Gasteiger partial charge in [-0.05, 0) is 62.1 Å². The van der Waals surface area contributed by atoms with Crippen LogP contribution in [0.5, 0.6) is 11.5 Å². The van der Waals surface area contributed by atoms with Crippen LogP contribution >= 0.6 is 0 Å². The first-order valence-corrected chi connectivity index (χ1v) is 15.2. The van der Waals surface area contributed by atoms with Crippen LogP contribution in [-0.2, 0) is 27.1 Å². The summed E-state index contributed by atoms with van der Waals surface area (Å²) in [6, 6.07) is 4.27. The smallest absolute Gasteiger partial charge is 0.325 e. The monoisotopic (exact) mass is 587 g/mol. The van der Waals surface area contributed by atoms with Gasteiger partial charge in [-0.1, -0.05) is 20.3 Å². The van der Waals surface area contributed by atoms with E-state index in [1.54, 1.807) is 13.2 Å². The third-order valence-corrected chi connectivity index (χ3v) is 8.04. The topological polar surface area (TPSA) is 102 Å². The molecular formula is C32H46FN3O6. The minimum Gasteiger partial charge on any atom is -0.493 e. The molecule has 1 fully saturated rings. The summed E-state index contributed by atoms with van der Waals surface area (Å²) in [6.45, 7) is 7.56. The quantitative estimate of drug-likeness (QED) is 0.251. The van der Waals surface area contributed by atoms with Gasteiger partial charge in [0.1, 0.15) is 24.2 Å². The molecule has 0 radical (unpaired) electrons. The fourth-order valence-electron chi connectivity index (χ4n) is 5.78. The Kier molecular flexibility index (Phi) is 11.8. The van der Waals surface area contributed by atoms with Gasteiger partial charge in [-0.3, -0.25) is 9.69 Å². The summed E-state index contributed by atoms with van der Waals surface area (Å²) in [5.74, 6) is 0.347. The second-order valence-corrected chi connectivity index (χ2v) is 11.4. The molecule has 0 spiro atoms. The number of benzene rings is 1. The average molecular weight is 588 g/mol. The number of hydrogen-bond donors (Lipinski definition) is 2. The first kappa shape index (κ1) is 32.0. The molecule has 2 aliphatic rings. The van der Waals surface area contributed by atoms with E-state index in [0.29, 0.717) is 38.5 Å². The number of aromatic nitrogens is 1. The Morgan fingerprint density at radius 2 is 2.00 bits per heavy atom. The number of aryl methyl sites for hydroxylation is 1. The van der Waals surface area contributed by atoms with Gasteiger partial charge in [0.2, 0.25) is 0 Å². The number of aliphatic carboxylic acids is 1. The number of fused-ring (bicyclic) bond motifs is 1. The van der Waals surface area contributed by atoms with Crippen LogP contribution in [0.2, 0.25) is 0 Å². The Bertz CT molecular complexity index is 1190. The Balaban J connectivity index is 1.26. The van der Waals surface area contributed by atoms with E-state index in [1.807, 2.05) is 18.7 Å². The number of unbranched alkanes of at least 4 members (excludes halogenated alkanes) is 2. The first-order chi connectivity index (χ1) is 20.3. The third kappa shape index (κ3) is 8.11. The molecule has 0 saturated carbocycles. The summed E-state index contributed by atoms with van der Waals surface area (Å²) in [7, 11) is 3.05. The summed E-state index contributed by atoms with van der Waals surface area (Å²) < 4.78 is 37.4. The van der Waals surface area contributed by atoms with Crippen LogP contribution in [0.15, 0.2) is 18.2 Å². The highest BCUT2D eigenvalue weighted by atomic mass is 19.1. The second-order valence-electron chi connectivity index (χ2n) is 11.4. The van der Waals surface area contributed by atoms with Crippen molar-refractivity contribution in [2.75, 3.05) is 59.0 Å². The number of nitrogens with one attached hydrogen (secondary N) is 1. The van der Waals surface area contributed by atoms with Gasteiger partial charge in [-0.15, -0.1) is 0 Å². The van der Waals surface area contributed by atoms with Crippen molar-refractivity contribution >= 4 is 11.8 Å². The number of pyridine rings is 1. The summed E-state index contributed by atoms with van der Waals surface area (Å²) in [4.78, 5) is 19.1. The van der Waals surface area contributed by atoms with Gasteiger partial charge in [-0.25, -0.2) is 9.37 Å². The van der Waals surface area contributed by atoms with Crippen LogP contribution in [-0.4, -0.2) is 80.7 Å². The van der Waals surface area contributed by atoms with Gasteiger partial charge in [0, 0.05) is 56.2 Å². The van der Waals surface area contributed by atoms with E-state index in [-0.39, 0.29) is 17.8 Å². The number of likely N-dealkylation sites (tertiary alicyclic amines) is 1. The molecule has 232 valence electrons. The standard InChI is InChI=1S/C32H46FN3O6/c1-21(2)22-17-26(30(40-4)27(33)18-22)29(32(37)38)36-13-11-24(20-36)41-14-7-5-6-9-23-19-28(42-16-15-39-3)25-10-8-12-34-31(25)35-23/h17-19,21,24,29H,5-16,20H2,1-4H3,(H,34,35)(H,37,38)/t24-,29?/m1/s1. The highest BCUT2D eigenvalue weighted by Gasteiger charge is 2.36. The van der Waals surface area contributed by atoms with Crippen LogP contribution < -0.4 is 14.8 Å². The molecule has 2 aromatic rings. The maximum Gasteiger partial charge on any atom is 0.325 e. The lowest BCUT2D eigenvalue weighted by molar-refractivity contribution is -0.143. The normalized spacial score (nSPS) is 17.6. The zero-order chi connectivity index (χ0) is 30.1. The van der Waals surface area contributed by atoms with Crippen LogP contribution in [0.25, 0.3) is 0 Å². The molecule has 2 N–H and O–H groups in total. The van der Waals surface area contributed by atoms with E-state index in [1.165, 1.54) is 13.2 Å². The van der Waals surface area contributed by atoms with Gasteiger partial charge in [0.25, 0.3) is 0 Å². The number of methoxy groups -OCH3 is 2. The SMILES string of the molecule is COCCOc1cc(CCCCCO[C@@H]2CCN(C(C(=O)O)c3cc(C(C)C)cc(F)c3OC)C2)nc2c1CCCN2. The molecular weight excluding hydrogens is 541 g/mol. The zero-order valence-corrected chi connectivity index (χ0v) is 25.4. The average Bonchev–Trinajstić information content (AvgIpc) is 3.42. The molecule has 4 rings (SSSR count). The number of carboxylic acids is 1. The Hall–Kier alpha value is -2.95. The van der Waals surface area contributed by atoms with E-state index in [4.69, 9.17) is 23.9 Å². The van der Waals surface area contributed by atoms with Crippen molar-refractivity contribution in [2.45, 2.75) is 76.9 Å². The molecule has 1 aromatic heterocycles. The van der Waals surface area contributed by atoms with E-state index >= 15 is 0 Å². The molecule has 2 atom stereocenters. The van der Waals surface area contributed by atoms with Gasteiger partial charge >= 0.3 is 5.97 Å². The number of hydrogen-bond acceptors (Lipinski definition) is 8. The van der Waals surface area contributed by atoms with Gasteiger partial charge in [-0.2, -0.15) is 0 Å². The van der Waals surface area contributed by atoms with E-state index in [2.05, 4.69) is 11.4 Å². The van der Waals surface area contributed by atoms with Crippen molar-refractivity contribution in [3.63, 3.8) is 0 Å². The molecule has 9 nitrogen and oxygen atoms in total. The molecule has 0 amide bonds. The summed E-state index contributed by atoms with van der Waals surface area (Å²) >= 11 is 0. The lowest BCUT2D eigenvalue weighted by atomic mass is 9.95. The van der Waals surface area contributed by atoms with E-state index < -0.39 is 17.8 Å². The molecule has 2 aliphatic heterocycles. The minimum atomic E-state index is -1.02. The van der Waals surface area contributed by atoms with Crippen LogP contribution in [0.1, 0.15) is 80.3 Å². The zero-order valence-electron chi connectivity index (χ0n) is 25.4. The fourth-order valence-corrected chi connectivity index (χ4v) is 5.78. The largest absolute Gasteiger partial charge is 0.493 e. The number of anilines is 1. The Morgan fingerprint density at radius 3 is 2.74 bits per heavy atom. The Labute approximate surface area is 248 Å². The molecule has 1 aromatic carbocycles.